The fraction of sp³-hybridized carbons (Fsp3) is 0.200. The number of rotatable bonds is 4. The predicted octanol–water partition coefficient (Wildman–Crippen LogP) is 2.95. The van der Waals surface area contributed by atoms with Crippen molar-refractivity contribution in [3.63, 3.8) is 0 Å². The van der Waals surface area contributed by atoms with Crippen LogP contribution in [-0.4, -0.2) is 52.3 Å². The second-order valence-corrected chi connectivity index (χ2v) is 6.59. The van der Waals surface area contributed by atoms with Gasteiger partial charge >= 0.3 is 0 Å². The average molecular weight is 391 g/mol. The van der Waals surface area contributed by atoms with Gasteiger partial charge in [-0.2, -0.15) is 0 Å². The molecule has 0 saturated carbocycles. The van der Waals surface area contributed by atoms with Crippen LogP contribution >= 0.6 is 0 Å². The number of piperazine rings is 1. The number of carbonyl (C=O) groups excluding carboxylic acids is 1. The van der Waals surface area contributed by atoms with Gasteiger partial charge in [0, 0.05) is 32.2 Å². The molecule has 1 saturated heterocycles. The summed E-state index contributed by atoms with van der Waals surface area (Å²) in [6, 6.07) is 12.6. The molecule has 9 nitrogen and oxygen atoms in total. The summed E-state index contributed by atoms with van der Waals surface area (Å²) in [5.41, 5.74) is 0.957. The molecule has 0 spiro atoms. The van der Waals surface area contributed by atoms with Gasteiger partial charge in [-0.25, -0.2) is 0 Å². The number of amides is 1. The first-order chi connectivity index (χ1) is 14.3. The van der Waals surface area contributed by atoms with Crippen LogP contribution in [0.3, 0.4) is 0 Å². The average Bonchev–Trinajstić information content (AvgIpc) is 3.55. The lowest BCUT2D eigenvalue weighted by Gasteiger charge is -2.34. The van der Waals surface area contributed by atoms with Crippen LogP contribution in [0.4, 0.5) is 5.82 Å². The quantitative estimate of drug-likeness (QED) is 0.523. The lowest BCUT2D eigenvalue weighted by Crippen LogP contribution is -2.49. The smallest absolute Gasteiger partial charge is 0.276 e. The van der Waals surface area contributed by atoms with Crippen molar-refractivity contribution in [3.8, 4) is 23.0 Å². The number of nitrogens with zero attached hydrogens (tertiary/aromatic N) is 5. The first-order valence-corrected chi connectivity index (χ1v) is 9.20. The molecule has 4 aromatic rings. The van der Waals surface area contributed by atoms with E-state index in [0.29, 0.717) is 49.2 Å². The zero-order chi connectivity index (χ0) is 19.6. The van der Waals surface area contributed by atoms with Crippen molar-refractivity contribution in [2.75, 3.05) is 31.1 Å². The van der Waals surface area contributed by atoms with Crippen LogP contribution in [0.5, 0.6) is 0 Å². The highest BCUT2D eigenvalue weighted by atomic mass is 16.5. The van der Waals surface area contributed by atoms with E-state index in [4.69, 9.17) is 13.4 Å². The molecule has 0 unspecified atom stereocenters. The highest BCUT2D eigenvalue weighted by Crippen LogP contribution is 2.22. The Bertz CT molecular complexity index is 1080. The molecule has 29 heavy (non-hydrogen) atoms. The zero-order valence-corrected chi connectivity index (χ0v) is 15.4. The summed E-state index contributed by atoms with van der Waals surface area (Å²) in [5.74, 6) is 2.27. The van der Waals surface area contributed by atoms with E-state index < -0.39 is 0 Å². The first-order valence-electron chi connectivity index (χ1n) is 9.20. The highest BCUT2D eigenvalue weighted by Gasteiger charge is 2.26. The van der Waals surface area contributed by atoms with E-state index in [1.165, 1.54) is 0 Å². The maximum absolute atomic E-state index is 12.7. The summed E-state index contributed by atoms with van der Waals surface area (Å²) in [4.78, 5) is 16.6. The summed E-state index contributed by atoms with van der Waals surface area (Å²) >= 11 is 0. The van der Waals surface area contributed by atoms with Crippen LogP contribution in [0.25, 0.3) is 23.0 Å². The van der Waals surface area contributed by atoms with E-state index in [1.807, 2.05) is 24.3 Å². The molecule has 4 aromatic heterocycles. The van der Waals surface area contributed by atoms with E-state index >= 15 is 0 Å². The predicted molar refractivity (Wildman–Crippen MR) is 102 cm³/mol. The minimum atomic E-state index is -0.162. The third-order valence-electron chi connectivity index (χ3n) is 4.81. The minimum Gasteiger partial charge on any atom is -0.463 e. The molecule has 146 valence electrons. The molecule has 0 aromatic carbocycles. The van der Waals surface area contributed by atoms with Crippen molar-refractivity contribution in [1.82, 2.24) is 20.3 Å². The van der Waals surface area contributed by atoms with Crippen molar-refractivity contribution in [2.45, 2.75) is 0 Å². The molecule has 0 N–H and O–H groups in total. The number of carbonyl (C=O) groups is 1. The second-order valence-electron chi connectivity index (χ2n) is 6.59. The topological polar surface area (TPSA) is 102 Å². The van der Waals surface area contributed by atoms with E-state index in [1.54, 1.807) is 35.6 Å². The fourth-order valence-electron chi connectivity index (χ4n) is 3.26. The molecule has 0 atom stereocenters. The molecule has 1 fully saturated rings. The largest absolute Gasteiger partial charge is 0.463 e. The van der Waals surface area contributed by atoms with Crippen molar-refractivity contribution >= 4 is 11.7 Å². The van der Waals surface area contributed by atoms with Gasteiger partial charge in [0.05, 0.1) is 12.5 Å². The van der Waals surface area contributed by atoms with E-state index in [9.17, 15) is 4.79 Å². The summed E-state index contributed by atoms with van der Waals surface area (Å²) in [7, 11) is 0. The maximum atomic E-state index is 12.7. The van der Waals surface area contributed by atoms with Crippen LogP contribution < -0.4 is 4.90 Å². The van der Waals surface area contributed by atoms with Gasteiger partial charge in [0.2, 0.25) is 5.76 Å². The molecular weight excluding hydrogens is 374 g/mol. The highest BCUT2D eigenvalue weighted by molar-refractivity contribution is 5.93. The monoisotopic (exact) mass is 391 g/mol. The zero-order valence-electron chi connectivity index (χ0n) is 15.4. The Hall–Kier alpha value is -3.88. The SMILES string of the molecule is O=C(c1cc(-c2ccco2)on1)N1CCN(c2ccc(-c3ccco3)nn2)CC1. The van der Waals surface area contributed by atoms with E-state index in [0.717, 1.165) is 5.82 Å². The van der Waals surface area contributed by atoms with Crippen LogP contribution in [-0.2, 0) is 0 Å². The molecule has 9 heteroatoms. The Morgan fingerprint density at radius 1 is 0.862 bits per heavy atom. The summed E-state index contributed by atoms with van der Waals surface area (Å²) < 4.78 is 15.8. The van der Waals surface area contributed by atoms with Crippen molar-refractivity contribution in [2.24, 2.45) is 0 Å². The summed E-state index contributed by atoms with van der Waals surface area (Å²) in [6.07, 6.45) is 3.15. The van der Waals surface area contributed by atoms with Crippen LogP contribution in [0.15, 0.2) is 68.3 Å². The number of aromatic nitrogens is 3. The first kappa shape index (κ1) is 17.2. The van der Waals surface area contributed by atoms with Crippen LogP contribution in [0.2, 0.25) is 0 Å². The molecule has 5 heterocycles. The summed E-state index contributed by atoms with van der Waals surface area (Å²) in [5, 5.41) is 12.4. The van der Waals surface area contributed by atoms with Crippen LogP contribution in [0, 0.1) is 0 Å². The lowest BCUT2D eigenvalue weighted by molar-refractivity contribution is 0.0736. The Kier molecular flexibility index (Phi) is 4.32. The molecule has 5 rings (SSSR count). The Morgan fingerprint density at radius 3 is 2.28 bits per heavy atom. The van der Waals surface area contributed by atoms with Crippen molar-refractivity contribution in [3.05, 3.63) is 60.7 Å². The van der Waals surface area contributed by atoms with Crippen molar-refractivity contribution in [1.29, 1.82) is 0 Å². The molecular formula is C20H17N5O4. The number of anilines is 1. The van der Waals surface area contributed by atoms with Gasteiger partial charge in [-0.05, 0) is 36.4 Å². The van der Waals surface area contributed by atoms with Gasteiger partial charge in [0.1, 0.15) is 5.69 Å². The Morgan fingerprint density at radius 2 is 1.62 bits per heavy atom. The molecule has 0 radical (unpaired) electrons. The number of hydrogen-bond acceptors (Lipinski definition) is 8. The number of hydrogen-bond donors (Lipinski definition) is 0. The normalized spacial score (nSPS) is 14.3. The van der Waals surface area contributed by atoms with Gasteiger partial charge < -0.3 is 23.2 Å². The Labute approximate surface area is 165 Å². The van der Waals surface area contributed by atoms with Gasteiger partial charge in [-0.3, -0.25) is 4.79 Å². The van der Waals surface area contributed by atoms with E-state index in [2.05, 4.69) is 20.3 Å². The summed E-state index contributed by atoms with van der Waals surface area (Å²) in [6.45, 7) is 2.43. The number of furan rings is 2. The van der Waals surface area contributed by atoms with Gasteiger partial charge in [-0.15, -0.1) is 10.2 Å². The van der Waals surface area contributed by atoms with E-state index in [-0.39, 0.29) is 11.6 Å². The molecule has 0 aliphatic carbocycles. The lowest BCUT2D eigenvalue weighted by atomic mass is 10.2. The molecule has 1 aliphatic heterocycles. The standard InChI is InChI=1S/C20H17N5O4/c26-20(15-13-18(29-23-15)17-4-2-12-28-17)25-9-7-24(8-10-25)19-6-5-14(21-22-19)16-3-1-11-27-16/h1-6,11-13H,7-10H2. The third kappa shape index (κ3) is 3.38. The van der Waals surface area contributed by atoms with Gasteiger partial charge in [0.25, 0.3) is 5.91 Å². The van der Waals surface area contributed by atoms with Gasteiger partial charge in [-0.1, -0.05) is 5.16 Å². The molecule has 0 bridgehead atoms. The third-order valence-corrected chi connectivity index (χ3v) is 4.81. The minimum absolute atomic E-state index is 0.162. The maximum Gasteiger partial charge on any atom is 0.276 e. The van der Waals surface area contributed by atoms with Crippen LogP contribution in [0.1, 0.15) is 10.5 Å². The second kappa shape index (κ2) is 7.27. The molecule has 1 aliphatic rings. The van der Waals surface area contributed by atoms with Crippen molar-refractivity contribution < 1.29 is 18.2 Å². The fourth-order valence-corrected chi connectivity index (χ4v) is 3.26. The Balaban J connectivity index is 1.22. The van der Waals surface area contributed by atoms with Gasteiger partial charge in [0.15, 0.2) is 23.0 Å². The molecule has 1 amide bonds.